The Labute approximate surface area is 69.8 Å². The van der Waals surface area contributed by atoms with Crippen molar-refractivity contribution in [2.45, 2.75) is 45.6 Å². The number of hydrogen-bond acceptors (Lipinski definition) is 2. The molecule has 0 aromatic heterocycles. The maximum Gasteiger partial charge on any atom is 0.0431 e. The molecule has 0 aromatic rings. The van der Waals surface area contributed by atoms with E-state index in [2.05, 4.69) is 20.8 Å². The molecule has 0 saturated heterocycles. The van der Waals surface area contributed by atoms with E-state index < -0.39 is 0 Å². The van der Waals surface area contributed by atoms with E-state index in [1.54, 1.807) is 0 Å². The fourth-order valence-electron chi connectivity index (χ4n) is 1.44. The molecule has 0 heterocycles. The Balaban J connectivity index is 3.76. The van der Waals surface area contributed by atoms with E-state index in [-0.39, 0.29) is 12.1 Å². The van der Waals surface area contributed by atoms with Gasteiger partial charge in [-0.05, 0) is 32.6 Å². The molecular weight excluding hydrogens is 138 g/mol. The Bertz CT molecular complexity index is 96.2. The molecule has 1 unspecified atom stereocenters. The van der Waals surface area contributed by atoms with Gasteiger partial charge in [-0.1, -0.05) is 13.3 Å². The Hall–Kier alpha value is -0.0800. The molecule has 68 valence electrons. The van der Waals surface area contributed by atoms with E-state index in [0.29, 0.717) is 5.92 Å². The summed E-state index contributed by atoms with van der Waals surface area (Å²) in [5, 5.41) is 8.64. The van der Waals surface area contributed by atoms with Crippen LogP contribution in [-0.2, 0) is 0 Å². The number of nitrogens with two attached hydrogens (primary N) is 1. The van der Waals surface area contributed by atoms with Gasteiger partial charge in [-0.3, -0.25) is 0 Å². The quantitative estimate of drug-likeness (QED) is 0.639. The van der Waals surface area contributed by atoms with Gasteiger partial charge in [0.1, 0.15) is 0 Å². The Morgan fingerprint density at radius 2 is 2.00 bits per heavy atom. The molecule has 0 aromatic carbocycles. The molecule has 3 N–H and O–H groups in total. The third-order valence-electron chi connectivity index (χ3n) is 2.26. The molecule has 0 bridgehead atoms. The average molecular weight is 159 g/mol. The molecule has 0 spiro atoms. The van der Waals surface area contributed by atoms with E-state index in [9.17, 15) is 0 Å². The summed E-state index contributed by atoms with van der Waals surface area (Å²) in [6.45, 7) is 6.54. The van der Waals surface area contributed by atoms with E-state index in [1.807, 2.05) is 0 Å². The molecule has 0 aliphatic heterocycles. The van der Waals surface area contributed by atoms with Gasteiger partial charge in [0.15, 0.2) is 0 Å². The van der Waals surface area contributed by atoms with Gasteiger partial charge in [-0.25, -0.2) is 0 Å². The third-order valence-corrected chi connectivity index (χ3v) is 2.26. The van der Waals surface area contributed by atoms with Gasteiger partial charge in [0, 0.05) is 12.1 Å². The van der Waals surface area contributed by atoms with Crippen LogP contribution in [0.4, 0.5) is 0 Å². The largest absolute Gasteiger partial charge is 0.396 e. The molecule has 0 radical (unpaired) electrons. The van der Waals surface area contributed by atoms with Crippen molar-refractivity contribution in [2.24, 2.45) is 11.7 Å². The zero-order chi connectivity index (χ0) is 8.91. The van der Waals surface area contributed by atoms with Crippen molar-refractivity contribution >= 4 is 0 Å². The summed E-state index contributed by atoms with van der Waals surface area (Å²) in [7, 11) is 0. The minimum absolute atomic E-state index is 0.0933. The van der Waals surface area contributed by atoms with Crippen molar-refractivity contribution in [2.75, 3.05) is 6.61 Å². The molecule has 1 atom stereocenters. The van der Waals surface area contributed by atoms with Crippen LogP contribution in [0.25, 0.3) is 0 Å². The summed E-state index contributed by atoms with van der Waals surface area (Å²) in [5.41, 5.74) is 5.86. The van der Waals surface area contributed by atoms with Crippen LogP contribution in [-0.4, -0.2) is 17.3 Å². The van der Waals surface area contributed by atoms with E-state index in [4.69, 9.17) is 10.8 Å². The third kappa shape index (κ3) is 4.38. The topological polar surface area (TPSA) is 46.2 Å². The lowest BCUT2D eigenvalue weighted by molar-refractivity contribution is 0.236. The standard InChI is InChI=1S/C9H21NO/c1-4-8(6-5-7-11)9(2,3)10/h8,11H,4-7,10H2,1-3H3. The van der Waals surface area contributed by atoms with Crippen LogP contribution >= 0.6 is 0 Å². The predicted molar refractivity (Wildman–Crippen MR) is 48.4 cm³/mol. The lowest BCUT2D eigenvalue weighted by Gasteiger charge is -2.29. The van der Waals surface area contributed by atoms with Crippen molar-refractivity contribution in [3.63, 3.8) is 0 Å². The molecule has 0 saturated carbocycles. The van der Waals surface area contributed by atoms with E-state index >= 15 is 0 Å². The van der Waals surface area contributed by atoms with Crippen molar-refractivity contribution in [1.29, 1.82) is 0 Å². The summed E-state index contributed by atoms with van der Waals surface area (Å²) in [5.74, 6) is 0.537. The molecule has 2 nitrogen and oxygen atoms in total. The van der Waals surface area contributed by atoms with Gasteiger partial charge in [0.05, 0.1) is 0 Å². The normalized spacial score (nSPS) is 15.0. The summed E-state index contributed by atoms with van der Waals surface area (Å²) in [6.07, 6.45) is 3.01. The minimum Gasteiger partial charge on any atom is -0.396 e. The first-order valence-electron chi connectivity index (χ1n) is 4.42. The second-order valence-corrected chi connectivity index (χ2v) is 3.79. The van der Waals surface area contributed by atoms with Crippen LogP contribution in [0.3, 0.4) is 0 Å². The van der Waals surface area contributed by atoms with Crippen molar-refractivity contribution < 1.29 is 5.11 Å². The second-order valence-electron chi connectivity index (χ2n) is 3.79. The Morgan fingerprint density at radius 3 is 2.27 bits per heavy atom. The van der Waals surface area contributed by atoms with Crippen LogP contribution in [0.15, 0.2) is 0 Å². The number of aliphatic hydroxyl groups is 1. The van der Waals surface area contributed by atoms with Crippen molar-refractivity contribution in [1.82, 2.24) is 0 Å². The van der Waals surface area contributed by atoms with Gasteiger partial charge in [-0.15, -0.1) is 0 Å². The first kappa shape index (κ1) is 10.9. The molecule has 0 fully saturated rings. The van der Waals surface area contributed by atoms with Crippen LogP contribution in [0.1, 0.15) is 40.0 Å². The first-order valence-corrected chi connectivity index (χ1v) is 4.42. The zero-order valence-corrected chi connectivity index (χ0v) is 7.93. The molecule has 0 amide bonds. The van der Waals surface area contributed by atoms with Crippen LogP contribution in [0.2, 0.25) is 0 Å². The average Bonchev–Trinajstić information content (AvgIpc) is 1.87. The minimum atomic E-state index is -0.0933. The molecule has 2 heteroatoms. The maximum absolute atomic E-state index is 8.64. The molecule has 0 aliphatic rings. The monoisotopic (exact) mass is 159 g/mol. The van der Waals surface area contributed by atoms with Crippen molar-refractivity contribution in [3.05, 3.63) is 0 Å². The number of aliphatic hydroxyl groups excluding tert-OH is 1. The van der Waals surface area contributed by atoms with Gasteiger partial charge in [-0.2, -0.15) is 0 Å². The fourth-order valence-corrected chi connectivity index (χ4v) is 1.44. The SMILES string of the molecule is CCC(CCCO)C(C)(C)N. The highest BCUT2D eigenvalue weighted by atomic mass is 16.2. The highest BCUT2D eigenvalue weighted by Crippen LogP contribution is 2.22. The summed E-state index contributed by atoms with van der Waals surface area (Å²) in [6, 6.07) is 0. The van der Waals surface area contributed by atoms with Gasteiger partial charge in [0.25, 0.3) is 0 Å². The highest BCUT2D eigenvalue weighted by Gasteiger charge is 2.22. The molecule has 11 heavy (non-hydrogen) atoms. The van der Waals surface area contributed by atoms with Gasteiger partial charge in [0.2, 0.25) is 0 Å². The first-order chi connectivity index (χ1) is 5.02. The fraction of sp³-hybridized carbons (Fsp3) is 1.00. The maximum atomic E-state index is 8.64. The summed E-state index contributed by atoms with van der Waals surface area (Å²) >= 11 is 0. The van der Waals surface area contributed by atoms with Gasteiger partial charge >= 0.3 is 0 Å². The van der Waals surface area contributed by atoms with Gasteiger partial charge < -0.3 is 10.8 Å². The summed E-state index contributed by atoms with van der Waals surface area (Å²) in [4.78, 5) is 0. The van der Waals surface area contributed by atoms with E-state index in [1.165, 1.54) is 0 Å². The predicted octanol–water partition coefficient (Wildman–Crippen LogP) is 1.52. The highest BCUT2D eigenvalue weighted by molar-refractivity contribution is 4.80. The molecular formula is C9H21NO. The van der Waals surface area contributed by atoms with Crippen LogP contribution in [0, 0.1) is 5.92 Å². The lowest BCUT2D eigenvalue weighted by atomic mass is 9.83. The van der Waals surface area contributed by atoms with E-state index in [0.717, 1.165) is 19.3 Å². The van der Waals surface area contributed by atoms with Crippen LogP contribution < -0.4 is 5.73 Å². The number of rotatable bonds is 5. The second kappa shape index (κ2) is 4.73. The molecule has 0 rings (SSSR count). The van der Waals surface area contributed by atoms with Crippen LogP contribution in [0.5, 0.6) is 0 Å². The van der Waals surface area contributed by atoms with Crippen molar-refractivity contribution in [3.8, 4) is 0 Å². The smallest absolute Gasteiger partial charge is 0.0431 e. The summed E-state index contributed by atoms with van der Waals surface area (Å²) < 4.78 is 0. The Morgan fingerprint density at radius 1 is 1.45 bits per heavy atom. The Kier molecular flexibility index (Phi) is 4.69. The molecule has 0 aliphatic carbocycles. The number of hydrogen-bond donors (Lipinski definition) is 2. The lowest BCUT2D eigenvalue weighted by Crippen LogP contribution is -2.40. The zero-order valence-electron chi connectivity index (χ0n) is 7.93.